The summed E-state index contributed by atoms with van der Waals surface area (Å²) in [6.45, 7) is 2.89. The number of halogens is 4. The predicted molar refractivity (Wildman–Crippen MR) is 73.2 cm³/mol. The molecule has 1 aromatic carbocycles. The lowest BCUT2D eigenvalue weighted by atomic mass is 10.1. The molecular weight excluding hydrogens is 336 g/mol. The Labute approximate surface area is 132 Å². The largest absolute Gasteiger partial charge is 0.462 e. The molecule has 0 unspecified atom stereocenters. The number of nitrogens with zero attached hydrogens (tertiary/aromatic N) is 3. The van der Waals surface area contributed by atoms with Gasteiger partial charge >= 0.3 is 5.97 Å². The molecule has 0 spiro atoms. The van der Waals surface area contributed by atoms with Crippen LogP contribution in [0.3, 0.4) is 0 Å². The number of azide groups is 1. The number of hydrogen-bond donors (Lipinski definition) is 1. The van der Waals surface area contributed by atoms with Crippen molar-refractivity contribution in [2.75, 3.05) is 13.2 Å². The van der Waals surface area contributed by atoms with Crippen molar-refractivity contribution in [1.29, 1.82) is 0 Å². The third-order valence-electron chi connectivity index (χ3n) is 2.63. The molecule has 11 heteroatoms. The van der Waals surface area contributed by atoms with Crippen molar-refractivity contribution in [1.82, 2.24) is 5.32 Å². The van der Waals surface area contributed by atoms with Crippen molar-refractivity contribution in [3.8, 4) is 0 Å². The lowest BCUT2D eigenvalue weighted by molar-refractivity contribution is -0.116. The Morgan fingerprint density at radius 2 is 1.79 bits per heavy atom. The summed E-state index contributed by atoms with van der Waals surface area (Å²) >= 11 is 0. The highest BCUT2D eigenvalue weighted by atomic mass is 19.2. The number of ether oxygens (including phenoxy) is 1. The highest BCUT2D eigenvalue weighted by Crippen LogP contribution is 2.30. The van der Waals surface area contributed by atoms with E-state index in [9.17, 15) is 27.2 Å². The zero-order valence-corrected chi connectivity index (χ0v) is 12.0. The van der Waals surface area contributed by atoms with Gasteiger partial charge in [0.15, 0.2) is 23.3 Å². The van der Waals surface area contributed by atoms with Crippen LogP contribution in [0.5, 0.6) is 0 Å². The Bertz CT molecular complexity index is 703. The summed E-state index contributed by atoms with van der Waals surface area (Å²) < 4.78 is 58.8. The number of carbonyl (C=O) groups is 2. The van der Waals surface area contributed by atoms with Crippen LogP contribution in [0.15, 0.2) is 17.8 Å². The smallest absolute Gasteiger partial charge is 0.344 e. The molecule has 24 heavy (non-hydrogen) atoms. The molecule has 0 aliphatic carbocycles. The zero-order chi connectivity index (χ0) is 18.3. The predicted octanol–water partition coefficient (Wildman–Crippen LogP) is 3.03. The van der Waals surface area contributed by atoms with Crippen LogP contribution in [-0.4, -0.2) is 25.0 Å². The van der Waals surface area contributed by atoms with Crippen molar-refractivity contribution >= 4 is 17.6 Å². The summed E-state index contributed by atoms with van der Waals surface area (Å²) in [7, 11) is 0. The van der Waals surface area contributed by atoms with Crippen LogP contribution in [0.25, 0.3) is 10.4 Å². The Morgan fingerprint density at radius 3 is 2.29 bits per heavy atom. The van der Waals surface area contributed by atoms with E-state index in [0.717, 1.165) is 6.08 Å². The second kappa shape index (κ2) is 8.53. The maximum absolute atomic E-state index is 13.7. The average Bonchev–Trinajstić information content (AvgIpc) is 2.56. The molecule has 128 valence electrons. The Kier molecular flexibility index (Phi) is 6.75. The van der Waals surface area contributed by atoms with E-state index in [4.69, 9.17) is 5.53 Å². The van der Waals surface area contributed by atoms with Gasteiger partial charge in [0.2, 0.25) is 5.91 Å². The lowest BCUT2D eigenvalue weighted by Crippen LogP contribution is -2.23. The van der Waals surface area contributed by atoms with Gasteiger partial charge in [-0.1, -0.05) is 11.7 Å². The highest BCUT2D eigenvalue weighted by molar-refractivity contribution is 5.90. The van der Waals surface area contributed by atoms with Crippen molar-refractivity contribution in [2.24, 2.45) is 5.11 Å². The molecule has 0 radical (unpaired) electrons. The van der Waals surface area contributed by atoms with Crippen molar-refractivity contribution in [2.45, 2.75) is 6.42 Å². The van der Waals surface area contributed by atoms with Gasteiger partial charge in [-0.3, -0.25) is 4.79 Å². The van der Waals surface area contributed by atoms with Gasteiger partial charge in [-0.25, -0.2) is 22.4 Å². The summed E-state index contributed by atoms with van der Waals surface area (Å²) in [5.74, 6) is -10.2. The van der Waals surface area contributed by atoms with E-state index in [1.807, 2.05) is 4.91 Å². The standard InChI is InChI=1S/C13H10F4N4O3/c1-2-6(22)19-4-3-5-24-13(23)7-8(14)10(16)12(20-21-18)11(17)9(7)15/h2H,1,3-5H2,(H,19,22). The molecule has 1 N–H and O–H groups in total. The first kappa shape index (κ1) is 19.0. The van der Waals surface area contributed by atoms with E-state index in [2.05, 4.69) is 21.7 Å². The number of hydrogen-bond acceptors (Lipinski definition) is 4. The molecular formula is C13H10F4N4O3. The summed E-state index contributed by atoms with van der Waals surface area (Å²) in [4.78, 5) is 24.4. The van der Waals surface area contributed by atoms with E-state index in [0.29, 0.717) is 0 Å². The molecule has 0 aromatic heterocycles. The normalized spacial score (nSPS) is 9.83. The summed E-state index contributed by atoms with van der Waals surface area (Å²) in [6, 6.07) is 0. The molecule has 0 bridgehead atoms. The fraction of sp³-hybridized carbons (Fsp3) is 0.231. The Hall–Kier alpha value is -3.07. The Morgan fingerprint density at radius 1 is 1.21 bits per heavy atom. The van der Waals surface area contributed by atoms with Crippen LogP contribution >= 0.6 is 0 Å². The summed E-state index contributed by atoms with van der Waals surface area (Å²) in [6.07, 6.45) is 1.09. The first-order valence-electron chi connectivity index (χ1n) is 6.33. The van der Waals surface area contributed by atoms with Crippen LogP contribution in [0.2, 0.25) is 0 Å². The minimum absolute atomic E-state index is 0.0711. The number of esters is 1. The summed E-state index contributed by atoms with van der Waals surface area (Å²) in [5.41, 5.74) is 4.99. The molecule has 1 amide bonds. The SMILES string of the molecule is C=CC(=O)NCCCOC(=O)c1c(F)c(F)c(N=[N+]=[N-])c(F)c1F. The number of amides is 1. The monoisotopic (exact) mass is 346 g/mol. The van der Waals surface area contributed by atoms with Gasteiger partial charge in [-0.15, -0.1) is 0 Å². The number of benzene rings is 1. The van der Waals surface area contributed by atoms with Crippen LogP contribution in [0, 0.1) is 23.3 Å². The molecule has 7 nitrogen and oxygen atoms in total. The third kappa shape index (κ3) is 4.23. The first-order valence-corrected chi connectivity index (χ1v) is 6.33. The second-order valence-electron chi connectivity index (χ2n) is 4.15. The fourth-order valence-corrected chi connectivity index (χ4v) is 1.52. The van der Waals surface area contributed by atoms with Crippen molar-refractivity contribution in [3.63, 3.8) is 0 Å². The van der Waals surface area contributed by atoms with Gasteiger partial charge in [-0.05, 0) is 18.0 Å². The van der Waals surface area contributed by atoms with E-state index in [1.165, 1.54) is 0 Å². The van der Waals surface area contributed by atoms with E-state index in [-0.39, 0.29) is 19.6 Å². The maximum atomic E-state index is 13.7. The summed E-state index contributed by atoms with van der Waals surface area (Å²) in [5, 5.41) is 4.83. The lowest BCUT2D eigenvalue weighted by Gasteiger charge is -2.09. The van der Waals surface area contributed by atoms with Crippen molar-refractivity contribution < 1.29 is 31.9 Å². The van der Waals surface area contributed by atoms with Gasteiger partial charge in [0.25, 0.3) is 0 Å². The minimum atomic E-state index is -2.04. The molecule has 1 aromatic rings. The number of nitrogens with one attached hydrogen (secondary N) is 1. The van der Waals surface area contributed by atoms with Gasteiger partial charge in [0.05, 0.1) is 6.61 Å². The molecule has 0 fully saturated rings. The van der Waals surface area contributed by atoms with Crippen LogP contribution < -0.4 is 5.32 Å². The molecule has 1 rings (SSSR count). The topological polar surface area (TPSA) is 104 Å². The molecule has 0 aliphatic heterocycles. The van der Waals surface area contributed by atoms with E-state index >= 15 is 0 Å². The molecule has 0 saturated heterocycles. The molecule has 0 saturated carbocycles. The van der Waals surface area contributed by atoms with Gasteiger partial charge in [-0.2, -0.15) is 0 Å². The van der Waals surface area contributed by atoms with Gasteiger partial charge in [0.1, 0.15) is 11.3 Å². The zero-order valence-electron chi connectivity index (χ0n) is 12.0. The maximum Gasteiger partial charge on any atom is 0.344 e. The number of rotatable bonds is 7. The number of carbonyl (C=O) groups excluding carboxylic acids is 2. The average molecular weight is 346 g/mol. The second-order valence-corrected chi connectivity index (χ2v) is 4.15. The molecule has 0 atom stereocenters. The first-order chi connectivity index (χ1) is 11.3. The quantitative estimate of drug-likeness (QED) is 0.120. The molecule has 0 heterocycles. The van der Waals surface area contributed by atoms with Gasteiger partial charge in [0, 0.05) is 11.5 Å². The Balaban J connectivity index is 2.86. The van der Waals surface area contributed by atoms with Gasteiger partial charge < -0.3 is 10.1 Å². The van der Waals surface area contributed by atoms with Crippen LogP contribution in [-0.2, 0) is 9.53 Å². The van der Waals surface area contributed by atoms with E-state index < -0.39 is 46.4 Å². The third-order valence-corrected chi connectivity index (χ3v) is 2.63. The van der Waals surface area contributed by atoms with Crippen molar-refractivity contribution in [3.05, 3.63) is 51.9 Å². The van der Waals surface area contributed by atoms with Crippen LogP contribution in [0.4, 0.5) is 23.2 Å². The fourth-order valence-electron chi connectivity index (χ4n) is 1.52. The molecule has 0 aliphatic rings. The van der Waals surface area contributed by atoms with Crippen LogP contribution in [0.1, 0.15) is 16.8 Å². The highest BCUT2D eigenvalue weighted by Gasteiger charge is 2.29. The van der Waals surface area contributed by atoms with E-state index in [1.54, 1.807) is 0 Å². The minimum Gasteiger partial charge on any atom is -0.462 e.